The maximum atomic E-state index is 12.5. The molecule has 3 aromatic rings. The Morgan fingerprint density at radius 1 is 1.10 bits per heavy atom. The van der Waals surface area contributed by atoms with Crippen LogP contribution in [-0.4, -0.2) is 10.8 Å². The Morgan fingerprint density at radius 3 is 2.71 bits per heavy atom. The molecule has 104 valence electrons. The first-order chi connectivity index (χ1) is 10.1. The number of hydrogen-bond acceptors (Lipinski definition) is 2. The number of fused-ring (bicyclic) bond motifs is 1. The van der Waals surface area contributed by atoms with Gasteiger partial charge in [0.2, 0.25) is 0 Å². The monoisotopic (exact) mass is 339 g/mol. The van der Waals surface area contributed by atoms with Gasteiger partial charge in [-0.25, -0.2) is 4.98 Å². The highest BCUT2D eigenvalue weighted by atomic mass is 79.9. The molecule has 0 unspecified atom stereocenters. The van der Waals surface area contributed by atoms with E-state index >= 15 is 0 Å². The normalized spacial score (nSPS) is 10.8. The summed E-state index contributed by atoms with van der Waals surface area (Å²) < 4.78 is 0.749. The smallest absolute Gasteiger partial charge is 0.186 e. The molecule has 0 radical (unpaired) electrons. The van der Waals surface area contributed by atoms with E-state index in [-0.39, 0.29) is 5.78 Å². The number of carbonyl (C=O) groups is 1. The summed E-state index contributed by atoms with van der Waals surface area (Å²) in [6, 6.07) is 17.8. The SMILES string of the molecule is Cc1cccc(CC(=O)c2nc3ccccc3cc2Br)c1. The van der Waals surface area contributed by atoms with E-state index in [2.05, 4.69) is 20.9 Å². The zero-order valence-corrected chi connectivity index (χ0v) is 13.2. The van der Waals surface area contributed by atoms with Gasteiger partial charge in [-0.15, -0.1) is 0 Å². The van der Waals surface area contributed by atoms with Gasteiger partial charge in [0.1, 0.15) is 5.69 Å². The molecular formula is C18H14BrNO. The molecule has 0 fully saturated rings. The quantitative estimate of drug-likeness (QED) is 0.645. The van der Waals surface area contributed by atoms with Crippen LogP contribution in [-0.2, 0) is 6.42 Å². The van der Waals surface area contributed by atoms with Crippen LogP contribution in [0.3, 0.4) is 0 Å². The summed E-state index contributed by atoms with van der Waals surface area (Å²) in [6.45, 7) is 2.03. The van der Waals surface area contributed by atoms with E-state index in [0.29, 0.717) is 12.1 Å². The number of aryl methyl sites for hydroxylation is 1. The molecule has 0 aliphatic rings. The number of pyridine rings is 1. The van der Waals surface area contributed by atoms with Crippen molar-refractivity contribution in [2.45, 2.75) is 13.3 Å². The Balaban J connectivity index is 1.96. The lowest BCUT2D eigenvalue weighted by atomic mass is 10.0. The molecule has 0 N–H and O–H groups in total. The van der Waals surface area contributed by atoms with Gasteiger partial charge in [-0.3, -0.25) is 4.79 Å². The number of nitrogens with zero attached hydrogens (tertiary/aromatic N) is 1. The van der Waals surface area contributed by atoms with Crippen LogP contribution in [0.15, 0.2) is 59.1 Å². The average Bonchev–Trinajstić information content (AvgIpc) is 2.46. The van der Waals surface area contributed by atoms with Crippen molar-refractivity contribution in [2.24, 2.45) is 0 Å². The number of para-hydroxylation sites is 1. The van der Waals surface area contributed by atoms with E-state index in [1.54, 1.807) is 0 Å². The van der Waals surface area contributed by atoms with Crippen molar-refractivity contribution >= 4 is 32.6 Å². The van der Waals surface area contributed by atoms with Gasteiger partial charge < -0.3 is 0 Å². The highest BCUT2D eigenvalue weighted by Gasteiger charge is 2.14. The Morgan fingerprint density at radius 2 is 1.90 bits per heavy atom. The minimum absolute atomic E-state index is 0.0261. The molecule has 0 atom stereocenters. The third-order valence-corrected chi connectivity index (χ3v) is 3.99. The number of carbonyl (C=O) groups excluding carboxylic acids is 1. The summed E-state index contributed by atoms with van der Waals surface area (Å²) in [4.78, 5) is 17.0. The summed E-state index contributed by atoms with van der Waals surface area (Å²) in [5, 5.41) is 1.02. The van der Waals surface area contributed by atoms with E-state index in [9.17, 15) is 4.79 Å². The fourth-order valence-corrected chi connectivity index (χ4v) is 2.93. The Kier molecular flexibility index (Phi) is 3.84. The second-order valence-electron chi connectivity index (χ2n) is 5.10. The van der Waals surface area contributed by atoms with Gasteiger partial charge in [0.25, 0.3) is 0 Å². The minimum Gasteiger partial charge on any atom is -0.292 e. The van der Waals surface area contributed by atoms with Crippen LogP contribution in [0.5, 0.6) is 0 Å². The summed E-state index contributed by atoms with van der Waals surface area (Å²) in [5.41, 5.74) is 3.51. The standard InChI is InChI=1S/C18H14BrNO/c1-12-5-4-6-13(9-12)10-17(21)18-15(19)11-14-7-2-3-8-16(14)20-18/h2-9,11H,10H2,1H3. The van der Waals surface area contributed by atoms with Crippen molar-refractivity contribution in [3.8, 4) is 0 Å². The molecule has 1 aromatic heterocycles. The van der Waals surface area contributed by atoms with Gasteiger partial charge in [0.15, 0.2) is 5.78 Å². The number of benzene rings is 2. The van der Waals surface area contributed by atoms with E-state index in [1.165, 1.54) is 0 Å². The minimum atomic E-state index is 0.0261. The summed E-state index contributed by atoms with van der Waals surface area (Å²) in [7, 11) is 0. The number of halogens is 1. The van der Waals surface area contributed by atoms with Crippen LogP contribution in [0.1, 0.15) is 21.6 Å². The largest absolute Gasteiger partial charge is 0.292 e. The van der Waals surface area contributed by atoms with Gasteiger partial charge in [0.05, 0.1) is 5.52 Å². The van der Waals surface area contributed by atoms with Crippen molar-refractivity contribution in [3.63, 3.8) is 0 Å². The maximum Gasteiger partial charge on any atom is 0.186 e. The lowest BCUT2D eigenvalue weighted by Crippen LogP contribution is -2.07. The molecule has 21 heavy (non-hydrogen) atoms. The predicted octanol–water partition coefficient (Wildman–Crippen LogP) is 4.73. The number of ketones is 1. The number of hydrogen-bond donors (Lipinski definition) is 0. The van der Waals surface area contributed by atoms with Crippen LogP contribution < -0.4 is 0 Å². The lowest BCUT2D eigenvalue weighted by molar-refractivity contribution is 0.0988. The predicted molar refractivity (Wildman–Crippen MR) is 88.7 cm³/mol. The highest BCUT2D eigenvalue weighted by molar-refractivity contribution is 9.10. The molecule has 2 nitrogen and oxygen atoms in total. The van der Waals surface area contributed by atoms with Gasteiger partial charge >= 0.3 is 0 Å². The third kappa shape index (κ3) is 3.03. The third-order valence-electron chi connectivity index (χ3n) is 3.39. The molecule has 0 amide bonds. The second kappa shape index (κ2) is 5.78. The van der Waals surface area contributed by atoms with Crippen LogP contribution >= 0.6 is 15.9 Å². The van der Waals surface area contributed by atoms with E-state index in [0.717, 1.165) is 26.5 Å². The number of Topliss-reactive ketones (excluding diaryl/α,β-unsaturated/α-hetero) is 1. The number of rotatable bonds is 3. The van der Waals surface area contributed by atoms with Crippen molar-refractivity contribution in [2.75, 3.05) is 0 Å². The zero-order valence-electron chi connectivity index (χ0n) is 11.6. The second-order valence-corrected chi connectivity index (χ2v) is 5.95. The van der Waals surface area contributed by atoms with E-state index in [1.807, 2.05) is 61.5 Å². The molecule has 2 aromatic carbocycles. The van der Waals surface area contributed by atoms with Crippen LogP contribution in [0.2, 0.25) is 0 Å². The van der Waals surface area contributed by atoms with Crippen LogP contribution in [0, 0.1) is 6.92 Å². The topological polar surface area (TPSA) is 30.0 Å². The zero-order chi connectivity index (χ0) is 14.8. The average molecular weight is 340 g/mol. The Hall–Kier alpha value is -2.00. The van der Waals surface area contributed by atoms with Gasteiger partial charge in [-0.1, -0.05) is 48.0 Å². The number of aromatic nitrogens is 1. The molecule has 0 aliphatic heterocycles. The van der Waals surface area contributed by atoms with Crippen LogP contribution in [0.25, 0.3) is 10.9 Å². The molecular weight excluding hydrogens is 326 g/mol. The van der Waals surface area contributed by atoms with E-state index < -0.39 is 0 Å². The lowest BCUT2D eigenvalue weighted by Gasteiger charge is -2.06. The first-order valence-corrected chi connectivity index (χ1v) is 7.57. The maximum absolute atomic E-state index is 12.5. The first-order valence-electron chi connectivity index (χ1n) is 6.77. The van der Waals surface area contributed by atoms with Crippen LogP contribution in [0.4, 0.5) is 0 Å². The molecule has 3 heteroatoms. The molecule has 1 heterocycles. The van der Waals surface area contributed by atoms with E-state index in [4.69, 9.17) is 0 Å². The molecule has 0 saturated heterocycles. The van der Waals surface area contributed by atoms with Crippen molar-refractivity contribution in [1.29, 1.82) is 0 Å². The molecule has 0 aliphatic carbocycles. The molecule has 0 spiro atoms. The Bertz CT molecular complexity index is 826. The first kappa shape index (κ1) is 14.0. The van der Waals surface area contributed by atoms with Crippen molar-refractivity contribution in [1.82, 2.24) is 4.98 Å². The van der Waals surface area contributed by atoms with Gasteiger partial charge in [-0.2, -0.15) is 0 Å². The molecule has 0 saturated carbocycles. The van der Waals surface area contributed by atoms with Crippen molar-refractivity contribution in [3.05, 3.63) is 75.9 Å². The molecule has 0 bridgehead atoms. The summed E-state index contributed by atoms with van der Waals surface area (Å²) >= 11 is 3.46. The fourth-order valence-electron chi connectivity index (χ4n) is 2.38. The highest BCUT2D eigenvalue weighted by Crippen LogP contribution is 2.22. The summed E-state index contributed by atoms with van der Waals surface area (Å²) in [5.74, 6) is 0.0261. The van der Waals surface area contributed by atoms with Gasteiger partial charge in [-0.05, 0) is 40.5 Å². The summed E-state index contributed by atoms with van der Waals surface area (Å²) in [6.07, 6.45) is 0.367. The molecule has 3 rings (SSSR count). The van der Waals surface area contributed by atoms with Crippen molar-refractivity contribution < 1.29 is 4.79 Å². The fraction of sp³-hybridized carbons (Fsp3) is 0.111. The van der Waals surface area contributed by atoms with Gasteiger partial charge in [0, 0.05) is 16.3 Å². The Labute approximate surface area is 132 Å².